The van der Waals surface area contributed by atoms with Crippen molar-refractivity contribution in [3.63, 3.8) is 0 Å². The van der Waals surface area contributed by atoms with Crippen LogP contribution in [0, 0.1) is 0 Å². The molecule has 0 aliphatic carbocycles. The minimum absolute atomic E-state index is 0.120. The lowest BCUT2D eigenvalue weighted by Gasteiger charge is -2.35. The van der Waals surface area contributed by atoms with Gasteiger partial charge in [0.25, 0.3) is 5.91 Å². The molecule has 26 heavy (non-hydrogen) atoms. The Labute approximate surface area is 153 Å². The minimum atomic E-state index is 0.120. The van der Waals surface area contributed by atoms with Gasteiger partial charge in [0.15, 0.2) is 0 Å². The monoisotopic (exact) mass is 355 g/mol. The molecular formula is C19H25N5O2. The molecule has 2 aliphatic rings. The number of hydrogen-bond acceptors (Lipinski definition) is 5. The Bertz CT molecular complexity index is 702. The summed E-state index contributed by atoms with van der Waals surface area (Å²) in [6.45, 7) is 5.98. The Balaban J connectivity index is 1.29. The number of carbonyl (C=O) groups excluding carboxylic acids is 1. The highest BCUT2D eigenvalue weighted by atomic mass is 16.5. The lowest BCUT2D eigenvalue weighted by atomic mass is 10.1. The predicted octanol–water partition coefficient (Wildman–Crippen LogP) is 1.26. The van der Waals surface area contributed by atoms with E-state index >= 15 is 0 Å². The number of nitrogens with zero attached hydrogens (tertiary/aromatic N) is 5. The average molecular weight is 355 g/mol. The van der Waals surface area contributed by atoms with Crippen molar-refractivity contribution in [2.75, 3.05) is 39.3 Å². The number of piperazine rings is 1. The quantitative estimate of drug-likeness (QED) is 0.808. The first kappa shape index (κ1) is 17.2. The molecule has 0 spiro atoms. The molecule has 2 aromatic rings. The third-order valence-corrected chi connectivity index (χ3v) is 5.16. The zero-order valence-electron chi connectivity index (χ0n) is 15.0. The van der Waals surface area contributed by atoms with E-state index in [1.807, 2.05) is 29.2 Å². The number of hydrogen-bond donors (Lipinski definition) is 0. The molecule has 1 aromatic carbocycles. The fraction of sp³-hybridized carbons (Fsp3) is 0.526. The number of carbonyl (C=O) groups is 1. The number of rotatable bonds is 5. The molecule has 0 bridgehead atoms. The average Bonchev–Trinajstić information content (AvgIpc) is 3.37. The number of amides is 1. The predicted molar refractivity (Wildman–Crippen MR) is 96.9 cm³/mol. The van der Waals surface area contributed by atoms with Gasteiger partial charge in [-0.1, -0.05) is 12.1 Å². The van der Waals surface area contributed by atoms with Crippen molar-refractivity contribution in [1.82, 2.24) is 24.6 Å². The summed E-state index contributed by atoms with van der Waals surface area (Å²) in [4.78, 5) is 21.1. The molecule has 7 nitrogen and oxygen atoms in total. The van der Waals surface area contributed by atoms with Gasteiger partial charge in [-0.25, -0.2) is 9.67 Å². The lowest BCUT2D eigenvalue weighted by molar-refractivity contribution is 0.0433. The summed E-state index contributed by atoms with van der Waals surface area (Å²) in [6, 6.07) is 7.80. The van der Waals surface area contributed by atoms with Gasteiger partial charge < -0.3 is 9.64 Å². The van der Waals surface area contributed by atoms with Crippen molar-refractivity contribution in [3.05, 3.63) is 48.0 Å². The molecule has 0 N–H and O–H groups in total. The van der Waals surface area contributed by atoms with Crippen LogP contribution in [0.25, 0.3) is 0 Å². The first-order chi connectivity index (χ1) is 12.8. The molecule has 0 saturated carbocycles. The van der Waals surface area contributed by atoms with Crippen molar-refractivity contribution in [2.24, 2.45) is 0 Å². The molecule has 0 radical (unpaired) electrons. The van der Waals surface area contributed by atoms with Gasteiger partial charge in [-0.05, 0) is 30.5 Å². The molecular weight excluding hydrogens is 330 g/mol. The molecule has 2 fully saturated rings. The fourth-order valence-electron chi connectivity index (χ4n) is 3.65. The highest BCUT2D eigenvalue weighted by molar-refractivity contribution is 5.94. The zero-order valence-corrected chi connectivity index (χ0v) is 15.0. The number of aromatic nitrogens is 3. The van der Waals surface area contributed by atoms with E-state index in [-0.39, 0.29) is 5.91 Å². The van der Waals surface area contributed by atoms with E-state index < -0.39 is 0 Å². The van der Waals surface area contributed by atoms with Gasteiger partial charge in [0.05, 0.1) is 12.6 Å². The summed E-state index contributed by atoms with van der Waals surface area (Å²) in [5, 5.41) is 4.10. The Hall–Kier alpha value is -2.25. The third-order valence-electron chi connectivity index (χ3n) is 5.16. The largest absolute Gasteiger partial charge is 0.377 e. The normalized spacial score (nSPS) is 21.2. The van der Waals surface area contributed by atoms with Crippen molar-refractivity contribution in [1.29, 1.82) is 0 Å². The maximum atomic E-state index is 12.7. The molecule has 1 aromatic heterocycles. The van der Waals surface area contributed by atoms with Crippen LogP contribution in [0.2, 0.25) is 0 Å². The first-order valence-electron chi connectivity index (χ1n) is 9.32. The van der Waals surface area contributed by atoms with Crippen LogP contribution in [-0.4, -0.2) is 75.9 Å². The third kappa shape index (κ3) is 4.11. The van der Waals surface area contributed by atoms with Crippen molar-refractivity contribution >= 4 is 5.91 Å². The topological polar surface area (TPSA) is 63.5 Å². The second-order valence-corrected chi connectivity index (χ2v) is 7.02. The van der Waals surface area contributed by atoms with Crippen LogP contribution >= 0.6 is 0 Å². The Kier molecular flexibility index (Phi) is 5.26. The second kappa shape index (κ2) is 7.97. The summed E-state index contributed by atoms with van der Waals surface area (Å²) in [5.74, 6) is 0.120. The molecule has 1 unspecified atom stereocenters. The van der Waals surface area contributed by atoms with Gasteiger partial charge in [-0.15, -0.1) is 0 Å². The second-order valence-electron chi connectivity index (χ2n) is 7.02. The van der Waals surface area contributed by atoms with Crippen molar-refractivity contribution in [3.8, 4) is 0 Å². The summed E-state index contributed by atoms with van der Waals surface area (Å²) < 4.78 is 7.48. The van der Waals surface area contributed by atoms with Crippen LogP contribution in [0.1, 0.15) is 28.8 Å². The summed E-state index contributed by atoms with van der Waals surface area (Å²) in [7, 11) is 0. The van der Waals surface area contributed by atoms with Crippen molar-refractivity contribution in [2.45, 2.75) is 25.5 Å². The first-order valence-corrected chi connectivity index (χ1v) is 9.32. The Morgan fingerprint density at radius 3 is 2.62 bits per heavy atom. The van der Waals surface area contributed by atoms with Crippen LogP contribution in [-0.2, 0) is 11.3 Å². The minimum Gasteiger partial charge on any atom is -0.377 e. The molecule has 4 rings (SSSR count). The van der Waals surface area contributed by atoms with Gasteiger partial charge in [0.2, 0.25) is 0 Å². The highest BCUT2D eigenvalue weighted by Gasteiger charge is 2.25. The highest BCUT2D eigenvalue weighted by Crippen LogP contribution is 2.16. The Morgan fingerprint density at radius 1 is 1.15 bits per heavy atom. The fourth-order valence-corrected chi connectivity index (χ4v) is 3.65. The van der Waals surface area contributed by atoms with Gasteiger partial charge in [0.1, 0.15) is 12.7 Å². The number of ether oxygens (including phenoxy) is 1. The molecule has 1 amide bonds. The van der Waals surface area contributed by atoms with E-state index in [0.29, 0.717) is 12.6 Å². The lowest BCUT2D eigenvalue weighted by Crippen LogP contribution is -2.50. The van der Waals surface area contributed by atoms with E-state index in [9.17, 15) is 4.79 Å². The molecule has 7 heteroatoms. The zero-order chi connectivity index (χ0) is 17.8. The van der Waals surface area contributed by atoms with E-state index in [4.69, 9.17) is 4.74 Å². The van der Waals surface area contributed by atoms with Crippen LogP contribution in [0.4, 0.5) is 0 Å². The number of benzene rings is 1. The summed E-state index contributed by atoms with van der Waals surface area (Å²) in [6.07, 6.45) is 5.94. The van der Waals surface area contributed by atoms with E-state index in [0.717, 1.165) is 50.5 Å². The van der Waals surface area contributed by atoms with Gasteiger partial charge >= 0.3 is 0 Å². The van der Waals surface area contributed by atoms with Crippen LogP contribution in [0.3, 0.4) is 0 Å². The summed E-state index contributed by atoms with van der Waals surface area (Å²) >= 11 is 0. The standard InChI is InChI=1S/C19H25N5O2/c25-19(17-5-3-16(4-6-17)12-24-15-20-14-21-24)23-9-7-22(8-10-23)13-18-2-1-11-26-18/h3-6,14-15,18H,1-2,7-13H2. The van der Waals surface area contributed by atoms with Crippen LogP contribution < -0.4 is 0 Å². The maximum absolute atomic E-state index is 12.7. The van der Waals surface area contributed by atoms with Crippen LogP contribution in [0.5, 0.6) is 0 Å². The molecule has 1 atom stereocenters. The summed E-state index contributed by atoms with van der Waals surface area (Å²) in [5.41, 5.74) is 1.85. The molecule has 2 saturated heterocycles. The van der Waals surface area contributed by atoms with Crippen LogP contribution in [0.15, 0.2) is 36.9 Å². The maximum Gasteiger partial charge on any atom is 0.253 e. The molecule has 3 heterocycles. The molecule has 138 valence electrons. The van der Waals surface area contributed by atoms with Gasteiger partial charge in [0, 0.05) is 44.9 Å². The Morgan fingerprint density at radius 2 is 1.96 bits per heavy atom. The van der Waals surface area contributed by atoms with E-state index in [1.54, 1.807) is 11.0 Å². The van der Waals surface area contributed by atoms with E-state index in [1.165, 1.54) is 19.2 Å². The smallest absolute Gasteiger partial charge is 0.253 e. The van der Waals surface area contributed by atoms with Crippen molar-refractivity contribution < 1.29 is 9.53 Å². The molecule has 2 aliphatic heterocycles. The van der Waals surface area contributed by atoms with Gasteiger partial charge in [-0.3, -0.25) is 9.69 Å². The van der Waals surface area contributed by atoms with E-state index in [2.05, 4.69) is 15.0 Å². The SMILES string of the molecule is O=C(c1ccc(Cn2cncn2)cc1)N1CCN(CC2CCCO2)CC1. The van der Waals surface area contributed by atoms with Gasteiger partial charge in [-0.2, -0.15) is 5.10 Å².